The molecule has 0 fully saturated rings. The Hall–Kier alpha value is -3.39. The monoisotopic (exact) mass is 1050 g/mol. The highest BCUT2D eigenvalue weighted by molar-refractivity contribution is 7.61. The zero-order valence-corrected chi connectivity index (χ0v) is 43.6. The van der Waals surface area contributed by atoms with Crippen LogP contribution in [0.4, 0.5) is 5.82 Å². The normalized spacial score (nSPS) is 28.2. The van der Waals surface area contributed by atoms with E-state index in [1.807, 2.05) is 6.92 Å². The van der Waals surface area contributed by atoms with E-state index in [-0.39, 0.29) is 31.5 Å². The third-order valence-electron chi connectivity index (χ3n) is 12.1. The molecule has 10 atom stereocenters. The number of phosphoric ester groups is 2. The molecule has 3 rings (SSSR count). The lowest BCUT2D eigenvalue weighted by atomic mass is 9.88. The highest BCUT2D eigenvalue weighted by Crippen LogP contribution is 2.60. The van der Waals surface area contributed by atoms with Gasteiger partial charge in [0.25, 0.3) is 0 Å². The van der Waals surface area contributed by atoms with Gasteiger partial charge in [0.15, 0.2) is 11.9 Å². The fourth-order valence-corrected chi connectivity index (χ4v) is 10.2. The minimum atomic E-state index is -5.67. The van der Waals surface area contributed by atoms with Crippen LogP contribution in [0, 0.1) is 17.8 Å². The number of rotatable bonds is 23. The fourth-order valence-electron chi connectivity index (χ4n) is 8.06. The van der Waals surface area contributed by atoms with Gasteiger partial charge in [-0.15, -0.1) is 0 Å². The number of fused-ring (bicyclic) bond motifs is 3. The second-order valence-electron chi connectivity index (χ2n) is 18.8. The average Bonchev–Trinajstić information content (AvgIpc) is 3.30. The number of carbonyl (C=O) groups is 3. The Bertz CT molecular complexity index is 2000. The summed E-state index contributed by atoms with van der Waals surface area (Å²) in [5.41, 5.74) is 4.83. The van der Waals surface area contributed by atoms with Gasteiger partial charge < -0.3 is 45.1 Å². The molecule has 0 aliphatic carbocycles. The molecule has 0 amide bonds. The van der Waals surface area contributed by atoms with E-state index in [0.717, 1.165) is 55.1 Å². The first-order valence-corrected chi connectivity index (χ1v) is 28.4. The third-order valence-corrected chi connectivity index (χ3v) is 14.7. The molecule has 404 valence electrons. The number of cyclic esters (lactones) is 1. The minimum absolute atomic E-state index is 0.0531. The molecule has 0 aromatic carbocycles. The number of anilines is 1. The maximum absolute atomic E-state index is 13.8. The molecule has 2 bridgehead atoms. The van der Waals surface area contributed by atoms with Crippen molar-refractivity contribution in [2.75, 3.05) is 25.6 Å². The lowest BCUT2D eigenvalue weighted by Gasteiger charge is -2.36. The first-order valence-electron chi connectivity index (χ1n) is 25.4. The second-order valence-corrected chi connectivity index (χ2v) is 21.9. The highest BCUT2D eigenvalue weighted by Gasteiger charge is 2.42. The zero-order chi connectivity index (χ0) is 52.2. The van der Waals surface area contributed by atoms with E-state index in [1.54, 1.807) is 12.2 Å². The van der Waals surface area contributed by atoms with Crippen LogP contribution in [0.5, 0.6) is 0 Å². The summed E-state index contributed by atoms with van der Waals surface area (Å²) in [5, 5.41) is 33.8. The van der Waals surface area contributed by atoms with Crippen LogP contribution in [-0.2, 0) is 51.1 Å². The van der Waals surface area contributed by atoms with Gasteiger partial charge in [-0.3, -0.25) is 28.0 Å². The van der Waals surface area contributed by atoms with Gasteiger partial charge in [-0.1, -0.05) is 141 Å². The molecule has 0 spiro atoms. The molecule has 1 aromatic rings. The number of ketones is 1. The van der Waals surface area contributed by atoms with E-state index >= 15 is 0 Å². The lowest BCUT2D eigenvalue weighted by molar-refractivity contribution is -0.167. The van der Waals surface area contributed by atoms with Crippen molar-refractivity contribution in [3.63, 3.8) is 0 Å². The van der Waals surface area contributed by atoms with Crippen LogP contribution >= 0.6 is 15.6 Å². The number of hydrogen-bond donors (Lipinski definition) is 6. The largest absolute Gasteiger partial charge is 0.481 e. The fraction of sp³-hybridized carbons (Fsp3) is 0.735. The van der Waals surface area contributed by atoms with Crippen LogP contribution in [0.25, 0.3) is 0 Å². The standard InChI is InChI=1S/C49H81N3O17P2/c1-4-5-17-24-38(53)28-29-40-41(54)30-27-37-23-19-15-16-21-26-45(56)67-39(33-64-44(55)25-20-14-12-10-8-6-7-9-11-13-18-22-36(2)3)34-65-70(60,61)69-71(62,63)66-35-42(47(58)46(40)57)68-48(37)52-32-31-43(50)51-49(52)59/h15,19,27-32,36-40,42,46-48,53,57-58H,4-14,16-18,20-26,33-35H2,1-3H3,(H,60,61)(H,62,63)(H2,50,51,59)/t37-,38-,39+,40-,42+,46-,47+,48+/m0/s1. The Morgan fingerprint density at radius 3 is 2.18 bits per heavy atom. The summed E-state index contributed by atoms with van der Waals surface area (Å²) in [6.07, 6.45) is 16.6. The quantitative estimate of drug-likeness (QED) is 0.0263. The van der Waals surface area contributed by atoms with Gasteiger partial charge in [0.2, 0.25) is 0 Å². The van der Waals surface area contributed by atoms with Crippen molar-refractivity contribution in [1.82, 2.24) is 9.55 Å². The van der Waals surface area contributed by atoms with Crippen molar-refractivity contribution in [2.45, 2.75) is 192 Å². The summed E-state index contributed by atoms with van der Waals surface area (Å²) < 4.78 is 59.0. The van der Waals surface area contributed by atoms with E-state index in [0.29, 0.717) is 25.7 Å². The second kappa shape index (κ2) is 33.4. The Balaban J connectivity index is 1.77. The number of nitrogens with two attached hydrogens (primary N) is 1. The Labute approximate surface area is 418 Å². The zero-order valence-electron chi connectivity index (χ0n) is 41.8. The molecule has 22 heteroatoms. The van der Waals surface area contributed by atoms with Crippen molar-refractivity contribution < 1.29 is 76.2 Å². The first-order chi connectivity index (χ1) is 33.8. The van der Waals surface area contributed by atoms with Crippen LogP contribution in [0.15, 0.2) is 53.5 Å². The number of carbonyl (C=O) groups excluding carboxylic acids is 3. The van der Waals surface area contributed by atoms with Gasteiger partial charge in [0.05, 0.1) is 31.3 Å². The molecule has 0 saturated carbocycles. The summed E-state index contributed by atoms with van der Waals surface area (Å²) in [6, 6.07) is 1.28. The van der Waals surface area contributed by atoms with E-state index in [9.17, 15) is 53.4 Å². The minimum Gasteiger partial charge on any atom is -0.462 e. The number of hydrogen-bond acceptors (Lipinski definition) is 17. The Morgan fingerprint density at radius 2 is 1.54 bits per heavy atom. The maximum Gasteiger partial charge on any atom is 0.481 e. The van der Waals surface area contributed by atoms with E-state index in [1.165, 1.54) is 75.4 Å². The van der Waals surface area contributed by atoms with Crippen LogP contribution in [0.2, 0.25) is 0 Å². The average molecular weight is 1050 g/mol. The first kappa shape index (κ1) is 61.9. The van der Waals surface area contributed by atoms with Crippen molar-refractivity contribution in [2.24, 2.45) is 17.8 Å². The summed E-state index contributed by atoms with van der Waals surface area (Å²) >= 11 is 0. The van der Waals surface area contributed by atoms with Crippen LogP contribution in [0.3, 0.4) is 0 Å². The molecule has 0 saturated heterocycles. The van der Waals surface area contributed by atoms with Gasteiger partial charge in [-0.2, -0.15) is 9.29 Å². The number of aliphatic hydroxyl groups excluding tert-OH is 3. The summed E-state index contributed by atoms with van der Waals surface area (Å²) in [6.45, 7) is 3.86. The summed E-state index contributed by atoms with van der Waals surface area (Å²) in [7, 11) is -11.2. The van der Waals surface area contributed by atoms with Crippen LogP contribution in [-0.4, -0.2) is 103 Å². The molecule has 2 aliphatic rings. The molecule has 71 heavy (non-hydrogen) atoms. The molecule has 1 aromatic heterocycles. The van der Waals surface area contributed by atoms with E-state index < -0.39 is 107 Å². The number of aromatic nitrogens is 2. The molecular weight excluding hydrogens is 964 g/mol. The number of nitrogen functional groups attached to an aromatic ring is 1. The summed E-state index contributed by atoms with van der Waals surface area (Å²) in [4.78, 5) is 77.7. The van der Waals surface area contributed by atoms with Crippen LogP contribution in [0.1, 0.15) is 162 Å². The number of aliphatic hydroxyl groups is 3. The molecule has 20 nitrogen and oxygen atoms in total. The number of phosphoric acid groups is 2. The van der Waals surface area contributed by atoms with Crippen molar-refractivity contribution >= 4 is 39.2 Å². The number of unbranched alkanes of at least 4 members (excludes halogenated alkanes) is 12. The van der Waals surface area contributed by atoms with Crippen molar-refractivity contribution in [3.8, 4) is 0 Å². The number of nitrogens with zero attached hydrogens (tertiary/aromatic N) is 2. The smallest absolute Gasteiger partial charge is 0.462 e. The molecule has 3 heterocycles. The topological polar surface area (TPSA) is 303 Å². The van der Waals surface area contributed by atoms with Gasteiger partial charge in [0.1, 0.15) is 30.9 Å². The number of allylic oxidation sites excluding steroid dienone is 3. The molecule has 7 N–H and O–H groups in total. The molecule has 2 aliphatic heterocycles. The predicted octanol–water partition coefficient (Wildman–Crippen LogP) is 7.86. The van der Waals surface area contributed by atoms with Gasteiger partial charge >= 0.3 is 33.3 Å². The van der Waals surface area contributed by atoms with E-state index in [4.69, 9.17) is 29.0 Å². The van der Waals surface area contributed by atoms with Crippen molar-refractivity contribution in [1.29, 1.82) is 0 Å². The van der Waals surface area contributed by atoms with Gasteiger partial charge in [-0.25, -0.2) is 13.9 Å². The lowest BCUT2D eigenvalue weighted by Crippen LogP contribution is -2.49. The number of esters is 2. The SMILES string of the molecule is CCCCC[C@H](O)C=C[C@H]1C(=O)C=C[C@@H]2CC=CCCCC(=O)O[C@H](COC(=O)CCCCCCCCCCCCCC(C)C)COP(=O)(O)OP(=O)(O)OC[C@@H](O[C@H]2n2ccc(N)nc2=O)[C@@H](O)[C@H]1O. The number of ether oxygens (including phenoxy) is 3. The molecule has 0 radical (unpaired) electrons. The maximum atomic E-state index is 13.8. The summed E-state index contributed by atoms with van der Waals surface area (Å²) in [5.74, 6) is -3.89. The Kier molecular flexibility index (Phi) is 29.2. The highest BCUT2D eigenvalue weighted by atomic mass is 31.3. The van der Waals surface area contributed by atoms with Crippen molar-refractivity contribution in [3.05, 3.63) is 59.2 Å². The Morgan fingerprint density at radius 1 is 0.901 bits per heavy atom. The molecular formula is C49H81N3O17P2. The van der Waals surface area contributed by atoms with Gasteiger partial charge in [0, 0.05) is 25.0 Å². The third kappa shape index (κ3) is 25.4. The van der Waals surface area contributed by atoms with Gasteiger partial charge in [-0.05, 0) is 50.2 Å². The van der Waals surface area contributed by atoms with Crippen LogP contribution < -0.4 is 11.4 Å². The molecule has 2 unspecified atom stereocenters. The van der Waals surface area contributed by atoms with E-state index in [2.05, 4.69) is 23.1 Å². The predicted molar refractivity (Wildman–Crippen MR) is 265 cm³/mol.